The lowest BCUT2D eigenvalue weighted by molar-refractivity contribution is 0.626. The summed E-state index contributed by atoms with van der Waals surface area (Å²) in [5.41, 5.74) is 7.27. The zero-order valence-corrected chi connectivity index (χ0v) is 11.4. The van der Waals surface area contributed by atoms with Crippen molar-refractivity contribution in [3.05, 3.63) is 35.4 Å². The Morgan fingerprint density at radius 1 is 1.10 bits per heavy atom. The monoisotopic (exact) mass is 272 g/mol. The lowest BCUT2D eigenvalue weighted by Crippen LogP contribution is -2.08. The molecule has 104 valence electrons. The van der Waals surface area contributed by atoms with E-state index in [-0.39, 0.29) is 11.8 Å². The van der Waals surface area contributed by atoms with Gasteiger partial charge >= 0.3 is 0 Å². The quantitative estimate of drug-likeness (QED) is 0.911. The van der Waals surface area contributed by atoms with Crippen LogP contribution in [0.5, 0.6) is 0 Å². The first-order valence-electron chi connectivity index (χ1n) is 6.91. The van der Waals surface area contributed by atoms with Crippen LogP contribution in [0.4, 0.5) is 10.3 Å². The van der Waals surface area contributed by atoms with Crippen molar-refractivity contribution >= 4 is 5.95 Å². The molecule has 4 nitrogen and oxygen atoms in total. The fourth-order valence-electron chi connectivity index (χ4n) is 2.77. The average Bonchev–Trinajstić information content (AvgIpc) is 2.90. The van der Waals surface area contributed by atoms with Gasteiger partial charge in [-0.25, -0.2) is 9.37 Å². The Morgan fingerprint density at radius 3 is 2.55 bits per heavy atom. The predicted octanol–water partition coefficient (Wildman–Crippen LogP) is 3.23. The van der Waals surface area contributed by atoms with Crippen LogP contribution in [0, 0.1) is 12.7 Å². The second-order valence-electron chi connectivity index (χ2n) is 5.37. The molecule has 0 radical (unpaired) electrons. The molecule has 0 saturated heterocycles. The molecule has 1 aliphatic carbocycles. The van der Waals surface area contributed by atoms with E-state index in [0.29, 0.717) is 17.3 Å². The van der Waals surface area contributed by atoms with Crippen LogP contribution in [0.15, 0.2) is 18.2 Å². The summed E-state index contributed by atoms with van der Waals surface area (Å²) in [5, 5.41) is 0. The Kier molecular flexibility index (Phi) is 3.34. The SMILES string of the molecule is Cc1cc(F)cc(-c2nc(N)nc(C3CCCC3)n2)c1. The number of anilines is 1. The maximum atomic E-state index is 13.5. The zero-order valence-electron chi connectivity index (χ0n) is 11.4. The van der Waals surface area contributed by atoms with E-state index in [9.17, 15) is 4.39 Å². The van der Waals surface area contributed by atoms with Gasteiger partial charge in [0.2, 0.25) is 5.95 Å². The number of hydrogen-bond acceptors (Lipinski definition) is 4. The maximum absolute atomic E-state index is 13.5. The van der Waals surface area contributed by atoms with Gasteiger partial charge in [0.25, 0.3) is 0 Å². The molecular formula is C15H17FN4. The molecule has 1 aliphatic rings. The second-order valence-corrected chi connectivity index (χ2v) is 5.37. The molecule has 0 bridgehead atoms. The van der Waals surface area contributed by atoms with Gasteiger partial charge in [0, 0.05) is 11.5 Å². The molecular weight excluding hydrogens is 255 g/mol. The summed E-state index contributed by atoms with van der Waals surface area (Å²) in [5.74, 6) is 1.47. The lowest BCUT2D eigenvalue weighted by atomic mass is 10.1. The second kappa shape index (κ2) is 5.15. The van der Waals surface area contributed by atoms with Crippen LogP contribution in [0.1, 0.15) is 43.0 Å². The minimum absolute atomic E-state index is 0.207. The number of hydrogen-bond donors (Lipinski definition) is 1. The van der Waals surface area contributed by atoms with Crippen molar-refractivity contribution in [3.63, 3.8) is 0 Å². The number of nitrogen functional groups attached to an aromatic ring is 1. The Morgan fingerprint density at radius 2 is 1.85 bits per heavy atom. The molecule has 20 heavy (non-hydrogen) atoms. The number of aryl methyl sites for hydroxylation is 1. The molecule has 1 heterocycles. The summed E-state index contributed by atoms with van der Waals surface area (Å²) in [6.07, 6.45) is 4.57. The fraction of sp³-hybridized carbons (Fsp3) is 0.400. The Balaban J connectivity index is 2.04. The first-order valence-corrected chi connectivity index (χ1v) is 6.91. The molecule has 0 aliphatic heterocycles. The first-order chi connectivity index (χ1) is 9.61. The molecule has 1 aromatic heterocycles. The third-order valence-electron chi connectivity index (χ3n) is 3.69. The highest BCUT2D eigenvalue weighted by Gasteiger charge is 2.21. The topological polar surface area (TPSA) is 64.7 Å². The van der Waals surface area contributed by atoms with E-state index in [2.05, 4.69) is 15.0 Å². The summed E-state index contributed by atoms with van der Waals surface area (Å²) in [4.78, 5) is 12.9. The molecule has 1 fully saturated rings. The van der Waals surface area contributed by atoms with E-state index in [0.717, 1.165) is 24.2 Å². The Bertz CT molecular complexity index is 616. The van der Waals surface area contributed by atoms with Crippen molar-refractivity contribution < 1.29 is 4.39 Å². The summed E-state index contributed by atoms with van der Waals surface area (Å²) in [6, 6.07) is 4.77. The van der Waals surface area contributed by atoms with Crippen molar-refractivity contribution in [1.29, 1.82) is 0 Å². The van der Waals surface area contributed by atoms with Gasteiger partial charge in [-0.1, -0.05) is 12.8 Å². The van der Waals surface area contributed by atoms with E-state index < -0.39 is 0 Å². The van der Waals surface area contributed by atoms with Gasteiger partial charge in [0.1, 0.15) is 11.6 Å². The molecule has 1 saturated carbocycles. The smallest absolute Gasteiger partial charge is 0.223 e. The zero-order chi connectivity index (χ0) is 14.1. The van der Waals surface area contributed by atoms with Gasteiger partial charge < -0.3 is 5.73 Å². The van der Waals surface area contributed by atoms with Crippen LogP contribution >= 0.6 is 0 Å². The van der Waals surface area contributed by atoms with Gasteiger partial charge in [0.05, 0.1) is 0 Å². The van der Waals surface area contributed by atoms with E-state index in [4.69, 9.17) is 5.73 Å². The highest BCUT2D eigenvalue weighted by molar-refractivity contribution is 5.57. The molecule has 0 unspecified atom stereocenters. The molecule has 3 rings (SSSR count). The fourth-order valence-corrected chi connectivity index (χ4v) is 2.77. The molecule has 5 heteroatoms. The molecule has 0 amide bonds. The number of halogens is 1. The van der Waals surface area contributed by atoms with Gasteiger partial charge in [-0.05, 0) is 43.5 Å². The van der Waals surface area contributed by atoms with Gasteiger partial charge in [0.15, 0.2) is 5.82 Å². The first kappa shape index (κ1) is 13.0. The highest BCUT2D eigenvalue weighted by Crippen LogP contribution is 2.33. The number of nitrogens with two attached hydrogens (primary N) is 1. The minimum Gasteiger partial charge on any atom is -0.368 e. The lowest BCUT2D eigenvalue weighted by Gasteiger charge is -2.10. The number of nitrogens with zero attached hydrogens (tertiary/aromatic N) is 3. The number of aromatic nitrogens is 3. The van der Waals surface area contributed by atoms with E-state index in [1.165, 1.54) is 25.0 Å². The van der Waals surface area contributed by atoms with Crippen LogP contribution in [-0.2, 0) is 0 Å². The van der Waals surface area contributed by atoms with Crippen molar-refractivity contribution in [3.8, 4) is 11.4 Å². The standard InChI is InChI=1S/C15H17FN4/c1-9-6-11(8-12(16)7-9)14-18-13(19-15(17)20-14)10-4-2-3-5-10/h6-8,10H,2-5H2,1H3,(H2,17,18,19,20). The van der Waals surface area contributed by atoms with Crippen molar-refractivity contribution in [2.24, 2.45) is 0 Å². The van der Waals surface area contributed by atoms with Gasteiger partial charge in [-0.2, -0.15) is 9.97 Å². The summed E-state index contributed by atoms with van der Waals surface area (Å²) < 4.78 is 13.5. The highest BCUT2D eigenvalue weighted by atomic mass is 19.1. The van der Waals surface area contributed by atoms with Crippen molar-refractivity contribution in [2.45, 2.75) is 38.5 Å². The summed E-state index contributed by atoms with van der Waals surface area (Å²) >= 11 is 0. The van der Waals surface area contributed by atoms with Crippen LogP contribution in [0.3, 0.4) is 0 Å². The summed E-state index contributed by atoms with van der Waals surface area (Å²) in [6.45, 7) is 1.84. The Labute approximate surface area is 117 Å². The predicted molar refractivity (Wildman–Crippen MR) is 75.6 cm³/mol. The molecule has 0 spiro atoms. The summed E-state index contributed by atoms with van der Waals surface area (Å²) in [7, 11) is 0. The third kappa shape index (κ3) is 2.61. The van der Waals surface area contributed by atoms with Crippen LogP contribution in [0.25, 0.3) is 11.4 Å². The normalized spacial score (nSPS) is 15.7. The molecule has 0 atom stereocenters. The van der Waals surface area contributed by atoms with Crippen molar-refractivity contribution in [2.75, 3.05) is 5.73 Å². The van der Waals surface area contributed by atoms with Crippen LogP contribution in [-0.4, -0.2) is 15.0 Å². The van der Waals surface area contributed by atoms with Crippen LogP contribution < -0.4 is 5.73 Å². The molecule has 2 N–H and O–H groups in total. The van der Waals surface area contributed by atoms with E-state index in [1.807, 2.05) is 13.0 Å². The van der Waals surface area contributed by atoms with E-state index >= 15 is 0 Å². The third-order valence-corrected chi connectivity index (χ3v) is 3.69. The van der Waals surface area contributed by atoms with Crippen molar-refractivity contribution in [1.82, 2.24) is 15.0 Å². The number of rotatable bonds is 2. The van der Waals surface area contributed by atoms with Gasteiger partial charge in [-0.15, -0.1) is 0 Å². The molecule has 1 aromatic carbocycles. The average molecular weight is 272 g/mol. The van der Waals surface area contributed by atoms with Gasteiger partial charge in [-0.3, -0.25) is 0 Å². The van der Waals surface area contributed by atoms with Crippen LogP contribution in [0.2, 0.25) is 0 Å². The van der Waals surface area contributed by atoms with E-state index in [1.54, 1.807) is 0 Å². The largest absolute Gasteiger partial charge is 0.368 e. The number of benzene rings is 1. The Hall–Kier alpha value is -2.04. The minimum atomic E-state index is -0.290. The maximum Gasteiger partial charge on any atom is 0.223 e. The molecule has 2 aromatic rings.